The number of aromatic nitrogens is 4. The number of rotatable bonds is 2. The second-order valence-electron chi connectivity index (χ2n) is 4.22. The van der Waals surface area contributed by atoms with Crippen LogP contribution in [0.15, 0.2) is 45.1 Å². The largest absolute Gasteiger partial charge is 0.399 e. The van der Waals surface area contributed by atoms with Gasteiger partial charge in [-0.15, -0.1) is 0 Å². The standard InChI is InChI=1S/C11H9N5O4S/c12-6-1-3-7(4-2-6)21(19,20)16-5-13-8-9(16)14-11(18)15-10(8)17/h1-5H,12H2,(H2,14,15,17,18). The van der Waals surface area contributed by atoms with Gasteiger partial charge < -0.3 is 5.73 Å². The van der Waals surface area contributed by atoms with Crippen LogP contribution in [0, 0.1) is 0 Å². The van der Waals surface area contributed by atoms with Gasteiger partial charge in [-0.05, 0) is 24.3 Å². The van der Waals surface area contributed by atoms with E-state index in [1.165, 1.54) is 24.3 Å². The number of H-pyrrole nitrogens is 2. The van der Waals surface area contributed by atoms with Crippen LogP contribution in [0.5, 0.6) is 0 Å². The molecule has 0 fully saturated rings. The van der Waals surface area contributed by atoms with E-state index in [0.29, 0.717) is 5.69 Å². The van der Waals surface area contributed by atoms with Crippen LogP contribution >= 0.6 is 0 Å². The van der Waals surface area contributed by atoms with Crippen molar-refractivity contribution < 1.29 is 8.42 Å². The average Bonchev–Trinajstić information content (AvgIpc) is 2.83. The lowest BCUT2D eigenvalue weighted by Crippen LogP contribution is -2.23. The Morgan fingerprint density at radius 2 is 1.76 bits per heavy atom. The number of hydrogen-bond donors (Lipinski definition) is 3. The molecule has 9 nitrogen and oxygen atoms in total. The van der Waals surface area contributed by atoms with E-state index in [0.717, 1.165) is 10.3 Å². The highest BCUT2D eigenvalue weighted by atomic mass is 32.2. The third-order valence-electron chi connectivity index (χ3n) is 2.85. The molecule has 0 amide bonds. The third-order valence-corrected chi connectivity index (χ3v) is 4.51. The first-order chi connectivity index (χ1) is 9.89. The summed E-state index contributed by atoms with van der Waals surface area (Å²) in [6.45, 7) is 0. The molecule has 0 atom stereocenters. The summed E-state index contributed by atoms with van der Waals surface area (Å²) in [4.78, 5) is 30.7. The number of nitrogen functional groups attached to an aromatic ring is 1. The number of nitrogens with one attached hydrogen (secondary N) is 2. The maximum Gasteiger partial charge on any atom is 0.327 e. The average molecular weight is 307 g/mol. The number of nitrogens with zero attached hydrogens (tertiary/aromatic N) is 2. The van der Waals surface area contributed by atoms with Crippen LogP contribution < -0.4 is 17.0 Å². The van der Waals surface area contributed by atoms with Gasteiger partial charge in [0.25, 0.3) is 15.6 Å². The summed E-state index contributed by atoms with van der Waals surface area (Å²) in [5, 5.41) is 0. The maximum absolute atomic E-state index is 12.5. The van der Waals surface area contributed by atoms with Crippen molar-refractivity contribution in [3.8, 4) is 0 Å². The van der Waals surface area contributed by atoms with Crippen molar-refractivity contribution >= 4 is 26.9 Å². The van der Waals surface area contributed by atoms with E-state index in [4.69, 9.17) is 5.73 Å². The molecule has 108 valence electrons. The van der Waals surface area contributed by atoms with Crippen LogP contribution in [0.2, 0.25) is 0 Å². The molecule has 0 unspecified atom stereocenters. The first-order valence-electron chi connectivity index (χ1n) is 5.70. The van der Waals surface area contributed by atoms with Crippen molar-refractivity contribution in [1.29, 1.82) is 0 Å². The van der Waals surface area contributed by atoms with Gasteiger partial charge in [0, 0.05) is 5.69 Å². The minimum absolute atomic E-state index is 0.0443. The van der Waals surface area contributed by atoms with E-state index in [1.807, 2.05) is 4.98 Å². The fourth-order valence-corrected chi connectivity index (χ4v) is 3.10. The van der Waals surface area contributed by atoms with Crippen LogP contribution in [-0.4, -0.2) is 27.3 Å². The van der Waals surface area contributed by atoms with Gasteiger partial charge in [0.15, 0.2) is 11.2 Å². The number of benzene rings is 1. The molecule has 0 aliphatic rings. The van der Waals surface area contributed by atoms with Crippen molar-refractivity contribution in [1.82, 2.24) is 18.9 Å². The quantitative estimate of drug-likeness (QED) is 0.530. The van der Waals surface area contributed by atoms with Gasteiger partial charge in [0.2, 0.25) is 0 Å². The smallest absolute Gasteiger partial charge is 0.327 e. The molecule has 3 rings (SSSR count). The second kappa shape index (κ2) is 4.31. The molecule has 21 heavy (non-hydrogen) atoms. The van der Waals surface area contributed by atoms with Gasteiger partial charge in [-0.2, -0.15) is 0 Å². The molecule has 3 aromatic rings. The second-order valence-corrected chi connectivity index (χ2v) is 6.03. The Morgan fingerprint density at radius 1 is 1.10 bits per heavy atom. The summed E-state index contributed by atoms with van der Waals surface area (Å²) in [6, 6.07) is 5.51. The molecule has 0 aliphatic heterocycles. The summed E-state index contributed by atoms with van der Waals surface area (Å²) in [5.41, 5.74) is 3.98. The van der Waals surface area contributed by atoms with Crippen molar-refractivity contribution in [3.63, 3.8) is 0 Å². The predicted molar refractivity (Wildman–Crippen MR) is 74.4 cm³/mol. The summed E-state index contributed by atoms with van der Waals surface area (Å²) in [5.74, 6) is 0. The first-order valence-corrected chi connectivity index (χ1v) is 7.14. The lowest BCUT2D eigenvalue weighted by molar-refractivity contribution is 0.588. The van der Waals surface area contributed by atoms with E-state index in [-0.39, 0.29) is 16.1 Å². The molecule has 0 saturated carbocycles. The molecule has 10 heteroatoms. The van der Waals surface area contributed by atoms with Gasteiger partial charge in [-0.1, -0.05) is 0 Å². The van der Waals surface area contributed by atoms with Crippen LogP contribution in [-0.2, 0) is 10.0 Å². The Labute approximate surface area is 117 Å². The van der Waals surface area contributed by atoms with Crippen LogP contribution in [0.3, 0.4) is 0 Å². The number of nitrogens with two attached hydrogens (primary N) is 1. The summed E-state index contributed by atoms with van der Waals surface area (Å²) >= 11 is 0. The van der Waals surface area contributed by atoms with Gasteiger partial charge in [0.1, 0.15) is 6.33 Å². The number of anilines is 1. The van der Waals surface area contributed by atoms with E-state index in [2.05, 4.69) is 9.97 Å². The fourth-order valence-electron chi connectivity index (χ4n) is 1.85. The van der Waals surface area contributed by atoms with E-state index in [9.17, 15) is 18.0 Å². The molecule has 0 bridgehead atoms. The molecule has 4 N–H and O–H groups in total. The maximum atomic E-state index is 12.5. The number of hydrogen-bond acceptors (Lipinski definition) is 6. The zero-order chi connectivity index (χ0) is 15.2. The van der Waals surface area contributed by atoms with Gasteiger partial charge in [0.05, 0.1) is 4.90 Å². The van der Waals surface area contributed by atoms with E-state index >= 15 is 0 Å². The van der Waals surface area contributed by atoms with Gasteiger partial charge in [-0.25, -0.2) is 22.2 Å². The minimum atomic E-state index is -4.00. The number of imidazole rings is 1. The number of aromatic amines is 2. The van der Waals surface area contributed by atoms with Gasteiger partial charge in [-0.3, -0.25) is 14.8 Å². The van der Waals surface area contributed by atoms with E-state index < -0.39 is 21.3 Å². The third kappa shape index (κ3) is 2.01. The molecule has 0 saturated heterocycles. The Morgan fingerprint density at radius 3 is 2.43 bits per heavy atom. The zero-order valence-electron chi connectivity index (χ0n) is 10.4. The first kappa shape index (κ1) is 13.1. The molecular weight excluding hydrogens is 298 g/mol. The molecule has 0 spiro atoms. The number of fused-ring (bicyclic) bond motifs is 1. The van der Waals surface area contributed by atoms with Crippen molar-refractivity contribution in [2.24, 2.45) is 0 Å². The van der Waals surface area contributed by atoms with Gasteiger partial charge >= 0.3 is 5.69 Å². The summed E-state index contributed by atoms with van der Waals surface area (Å²) in [6.07, 6.45) is 0.960. The van der Waals surface area contributed by atoms with Crippen molar-refractivity contribution in [2.45, 2.75) is 4.90 Å². The molecule has 1 aromatic carbocycles. The highest BCUT2D eigenvalue weighted by molar-refractivity contribution is 7.90. The predicted octanol–water partition coefficient (Wildman–Crippen LogP) is -0.768. The van der Waals surface area contributed by atoms with Crippen LogP contribution in [0.4, 0.5) is 5.69 Å². The van der Waals surface area contributed by atoms with Crippen molar-refractivity contribution in [2.75, 3.05) is 5.73 Å². The normalized spacial score (nSPS) is 11.8. The molecule has 2 heterocycles. The Bertz CT molecular complexity index is 1040. The molecule has 0 radical (unpaired) electrons. The molecular formula is C11H9N5O4S. The minimum Gasteiger partial charge on any atom is -0.399 e. The summed E-state index contributed by atoms with van der Waals surface area (Å²) in [7, 11) is -4.00. The molecule has 2 aromatic heterocycles. The monoisotopic (exact) mass is 307 g/mol. The zero-order valence-corrected chi connectivity index (χ0v) is 11.2. The Kier molecular flexibility index (Phi) is 2.69. The van der Waals surface area contributed by atoms with Crippen LogP contribution in [0.25, 0.3) is 11.2 Å². The highest BCUT2D eigenvalue weighted by Gasteiger charge is 2.21. The van der Waals surface area contributed by atoms with E-state index in [1.54, 1.807) is 0 Å². The Hall–Kier alpha value is -2.88. The highest BCUT2D eigenvalue weighted by Crippen LogP contribution is 2.17. The van der Waals surface area contributed by atoms with Crippen LogP contribution in [0.1, 0.15) is 0 Å². The summed E-state index contributed by atoms with van der Waals surface area (Å²) < 4.78 is 25.7. The van der Waals surface area contributed by atoms with Crippen molar-refractivity contribution in [3.05, 3.63) is 51.4 Å². The fraction of sp³-hybridized carbons (Fsp3) is 0. The lowest BCUT2D eigenvalue weighted by atomic mass is 10.3. The molecule has 0 aliphatic carbocycles. The SMILES string of the molecule is Nc1ccc(S(=O)(=O)n2cnc3c(=O)[nH]c(=O)[nH]c32)cc1. The lowest BCUT2D eigenvalue weighted by Gasteiger charge is -2.06. The topological polar surface area (TPSA) is 144 Å². The Balaban J connectivity index is 2.32.